The van der Waals surface area contributed by atoms with Gasteiger partial charge in [0.2, 0.25) is 0 Å². The number of carboxylic acids is 1. The van der Waals surface area contributed by atoms with Crippen LogP contribution >= 0.6 is 11.6 Å². The highest BCUT2D eigenvalue weighted by Gasteiger charge is 2.10. The molecule has 1 rings (SSSR count). The minimum absolute atomic E-state index is 0.176. The molecule has 0 fully saturated rings. The van der Waals surface area contributed by atoms with Crippen LogP contribution in [0.5, 0.6) is 5.75 Å². The number of alkyl halides is 1. The number of carboxylic acid groups (broad SMARTS) is 1. The van der Waals surface area contributed by atoms with E-state index < -0.39 is 5.97 Å². The van der Waals surface area contributed by atoms with E-state index in [9.17, 15) is 4.79 Å². The van der Waals surface area contributed by atoms with E-state index in [2.05, 4.69) is 0 Å². The molecule has 0 atom stereocenters. The molecule has 1 N–H and O–H groups in total. The Balaban J connectivity index is 2.96. The van der Waals surface area contributed by atoms with Gasteiger partial charge in [-0.25, -0.2) is 4.79 Å². The number of ether oxygens (including phenoxy) is 1. The first-order valence-corrected chi connectivity index (χ1v) is 4.71. The van der Waals surface area contributed by atoms with Gasteiger partial charge in [0.15, 0.2) is 0 Å². The molecular weight excluding hydrogens is 204 g/mol. The van der Waals surface area contributed by atoms with Crippen molar-refractivity contribution in [2.24, 2.45) is 0 Å². The van der Waals surface area contributed by atoms with Gasteiger partial charge in [0, 0.05) is 0 Å². The summed E-state index contributed by atoms with van der Waals surface area (Å²) >= 11 is 5.44. The van der Waals surface area contributed by atoms with Crippen molar-refractivity contribution in [3.8, 4) is 5.75 Å². The molecule has 0 heterocycles. The fourth-order valence-electron chi connectivity index (χ4n) is 1.09. The van der Waals surface area contributed by atoms with Gasteiger partial charge in [-0.1, -0.05) is 11.6 Å². The molecule has 0 aromatic heterocycles. The molecule has 1 aromatic carbocycles. The first kappa shape index (κ1) is 10.9. The summed E-state index contributed by atoms with van der Waals surface area (Å²) in [6.07, 6.45) is 0. The number of aromatic carboxylic acids is 1. The predicted molar refractivity (Wildman–Crippen MR) is 54.4 cm³/mol. The van der Waals surface area contributed by atoms with Gasteiger partial charge in [0.25, 0.3) is 0 Å². The average molecular weight is 215 g/mol. The van der Waals surface area contributed by atoms with Crippen LogP contribution in [-0.2, 0) is 0 Å². The molecule has 1 aromatic rings. The second-order valence-electron chi connectivity index (χ2n) is 2.84. The van der Waals surface area contributed by atoms with Crippen LogP contribution in [0.1, 0.15) is 15.9 Å². The van der Waals surface area contributed by atoms with E-state index in [1.54, 1.807) is 18.2 Å². The predicted octanol–water partition coefficient (Wildman–Crippen LogP) is 2.31. The Hall–Kier alpha value is -1.22. The monoisotopic (exact) mass is 214 g/mol. The lowest BCUT2D eigenvalue weighted by atomic mass is 10.1. The maximum Gasteiger partial charge on any atom is 0.339 e. The Morgan fingerprint density at radius 2 is 2.29 bits per heavy atom. The molecule has 0 saturated heterocycles. The van der Waals surface area contributed by atoms with Crippen molar-refractivity contribution < 1.29 is 14.6 Å². The first-order chi connectivity index (χ1) is 6.65. The zero-order valence-electron chi connectivity index (χ0n) is 7.79. The molecule has 76 valence electrons. The Morgan fingerprint density at radius 3 is 2.86 bits per heavy atom. The maximum absolute atomic E-state index is 10.8. The van der Waals surface area contributed by atoms with E-state index in [0.717, 1.165) is 5.56 Å². The Labute approximate surface area is 87.3 Å². The number of carbonyl (C=O) groups is 1. The van der Waals surface area contributed by atoms with Crippen molar-refractivity contribution in [3.63, 3.8) is 0 Å². The molecule has 0 spiro atoms. The van der Waals surface area contributed by atoms with E-state index >= 15 is 0 Å². The second kappa shape index (κ2) is 4.86. The fraction of sp³-hybridized carbons (Fsp3) is 0.300. The minimum atomic E-state index is -0.988. The SMILES string of the molecule is Cc1ccc(OCCCl)c(C(=O)O)c1. The van der Waals surface area contributed by atoms with Gasteiger partial charge in [-0.2, -0.15) is 0 Å². The third kappa shape index (κ3) is 2.64. The van der Waals surface area contributed by atoms with Crippen LogP contribution in [-0.4, -0.2) is 23.6 Å². The zero-order chi connectivity index (χ0) is 10.6. The van der Waals surface area contributed by atoms with E-state index in [4.69, 9.17) is 21.4 Å². The molecular formula is C10H11ClO3. The van der Waals surface area contributed by atoms with Crippen molar-refractivity contribution >= 4 is 17.6 Å². The number of rotatable bonds is 4. The Bertz CT molecular complexity index is 336. The van der Waals surface area contributed by atoms with Gasteiger partial charge in [-0.05, 0) is 19.1 Å². The molecule has 0 unspecified atom stereocenters. The van der Waals surface area contributed by atoms with Gasteiger partial charge in [-0.3, -0.25) is 0 Å². The largest absolute Gasteiger partial charge is 0.491 e. The molecule has 0 saturated carbocycles. The topological polar surface area (TPSA) is 46.5 Å². The molecule has 0 bridgehead atoms. The summed E-state index contributed by atoms with van der Waals surface area (Å²) < 4.78 is 5.19. The Kier molecular flexibility index (Phi) is 3.77. The van der Waals surface area contributed by atoms with E-state index in [0.29, 0.717) is 18.2 Å². The Morgan fingerprint density at radius 1 is 1.57 bits per heavy atom. The molecule has 0 amide bonds. The summed E-state index contributed by atoms with van der Waals surface area (Å²) in [5, 5.41) is 8.88. The average Bonchev–Trinajstić information content (AvgIpc) is 2.15. The van der Waals surface area contributed by atoms with Gasteiger partial charge in [0.1, 0.15) is 17.9 Å². The quantitative estimate of drug-likeness (QED) is 0.783. The lowest BCUT2D eigenvalue weighted by Gasteiger charge is -2.07. The van der Waals surface area contributed by atoms with E-state index in [-0.39, 0.29) is 5.56 Å². The second-order valence-corrected chi connectivity index (χ2v) is 3.22. The van der Waals surface area contributed by atoms with Gasteiger partial charge in [-0.15, -0.1) is 11.6 Å². The lowest BCUT2D eigenvalue weighted by molar-refractivity contribution is 0.0692. The van der Waals surface area contributed by atoms with Crippen LogP contribution < -0.4 is 4.74 Å². The molecule has 0 aliphatic heterocycles. The van der Waals surface area contributed by atoms with Crippen molar-refractivity contribution in [1.29, 1.82) is 0 Å². The van der Waals surface area contributed by atoms with Gasteiger partial charge in [0.05, 0.1) is 5.88 Å². The molecule has 0 aliphatic carbocycles. The van der Waals surface area contributed by atoms with Crippen LogP contribution in [0.3, 0.4) is 0 Å². The third-order valence-electron chi connectivity index (χ3n) is 1.70. The molecule has 0 radical (unpaired) electrons. The highest BCUT2D eigenvalue weighted by molar-refractivity contribution is 6.18. The highest BCUT2D eigenvalue weighted by Crippen LogP contribution is 2.19. The smallest absolute Gasteiger partial charge is 0.339 e. The fourth-order valence-corrected chi connectivity index (χ4v) is 1.16. The van der Waals surface area contributed by atoms with Crippen LogP contribution in [0.25, 0.3) is 0 Å². The zero-order valence-corrected chi connectivity index (χ0v) is 8.54. The van der Waals surface area contributed by atoms with Crippen LogP contribution in [0.2, 0.25) is 0 Å². The normalized spacial score (nSPS) is 9.86. The molecule has 3 nitrogen and oxygen atoms in total. The summed E-state index contributed by atoms with van der Waals surface area (Å²) in [7, 11) is 0. The first-order valence-electron chi connectivity index (χ1n) is 4.18. The number of benzene rings is 1. The number of halogens is 1. The molecule has 4 heteroatoms. The third-order valence-corrected chi connectivity index (χ3v) is 1.85. The van der Waals surface area contributed by atoms with Crippen molar-refractivity contribution in [1.82, 2.24) is 0 Å². The lowest BCUT2D eigenvalue weighted by Crippen LogP contribution is -2.05. The van der Waals surface area contributed by atoms with Gasteiger partial charge >= 0.3 is 5.97 Å². The van der Waals surface area contributed by atoms with E-state index in [1.807, 2.05) is 6.92 Å². The highest BCUT2D eigenvalue weighted by atomic mass is 35.5. The van der Waals surface area contributed by atoms with Crippen LogP contribution in [0.15, 0.2) is 18.2 Å². The number of hydrogen-bond acceptors (Lipinski definition) is 2. The summed E-state index contributed by atoms with van der Waals surface area (Å²) in [5.74, 6) is -0.283. The minimum Gasteiger partial charge on any atom is -0.491 e. The summed E-state index contributed by atoms with van der Waals surface area (Å²) in [6.45, 7) is 2.14. The summed E-state index contributed by atoms with van der Waals surface area (Å²) in [6, 6.07) is 5.02. The maximum atomic E-state index is 10.8. The standard InChI is InChI=1S/C10H11ClO3/c1-7-2-3-9(14-5-4-11)8(6-7)10(12)13/h2-3,6H,4-5H2,1H3,(H,12,13). The van der Waals surface area contributed by atoms with Crippen LogP contribution in [0, 0.1) is 6.92 Å². The number of aryl methyl sites for hydroxylation is 1. The summed E-state index contributed by atoms with van der Waals surface area (Å²) in [5.41, 5.74) is 1.07. The summed E-state index contributed by atoms with van der Waals surface area (Å²) in [4.78, 5) is 10.8. The molecule has 14 heavy (non-hydrogen) atoms. The molecule has 0 aliphatic rings. The van der Waals surface area contributed by atoms with Crippen molar-refractivity contribution in [3.05, 3.63) is 29.3 Å². The van der Waals surface area contributed by atoms with Crippen LogP contribution in [0.4, 0.5) is 0 Å². The van der Waals surface area contributed by atoms with Gasteiger partial charge < -0.3 is 9.84 Å². The number of hydrogen-bond donors (Lipinski definition) is 1. The van der Waals surface area contributed by atoms with Crippen molar-refractivity contribution in [2.75, 3.05) is 12.5 Å². The van der Waals surface area contributed by atoms with Crippen molar-refractivity contribution in [2.45, 2.75) is 6.92 Å². The van der Waals surface area contributed by atoms with E-state index in [1.165, 1.54) is 0 Å².